The van der Waals surface area contributed by atoms with E-state index in [1.807, 2.05) is 0 Å². The molecule has 0 spiro atoms. The largest absolute Gasteiger partial charge is 0.355 e. The molecule has 110 valence electrons. The number of carbonyl (C=O) groups is 1. The van der Waals surface area contributed by atoms with Crippen LogP contribution in [0.1, 0.15) is 32.6 Å². The van der Waals surface area contributed by atoms with Gasteiger partial charge in [-0.3, -0.25) is 4.79 Å². The van der Waals surface area contributed by atoms with Gasteiger partial charge in [-0.25, -0.2) is 8.42 Å². The van der Waals surface area contributed by atoms with E-state index in [1.54, 1.807) is 6.92 Å². The molecule has 1 aliphatic carbocycles. The lowest BCUT2D eigenvalue weighted by atomic mass is 10.1. The zero-order valence-electron chi connectivity index (χ0n) is 11.4. The number of carbonyl (C=O) groups excluding carboxylic acids is 1. The second kappa shape index (κ2) is 5.74. The monoisotopic (exact) mass is 315 g/mol. The van der Waals surface area contributed by atoms with Crippen molar-refractivity contribution in [1.29, 1.82) is 0 Å². The molecule has 20 heavy (non-hydrogen) atoms. The van der Waals surface area contributed by atoms with Crippen LogP contribution >= 0.6 is 11.6 Å². The van der Waals surface area contributed by atoms with Gasteiger partial charge < -0.3 is 5.32 Å². The van der Waals surface area contributed by atoms with Gasteiger partial charge in [0.05, 0.1) is 4.90 Å². The summed E-state index contributed by atoms with van der Waals surface area (Å²) in [5.41, 5.74) is 0. The molecule has 0 aliphatic heterocycles. The van der Waals surface area contributed by atoms with E-state index in [1.165, 1.54) is 24.3 Å². The number of rotatable bonds is 4. The van der Waals surface area contributed by atoms with Gasteiger partial charge in [0, 0.05) is 11.6 Å². The fourth-order valence-electron chi connectivity index (χ4n) is 2.72. The summed E-state index contributed by atoms with van der Waals surface area (Å²) in [5, 5.41) is 3.15. The predicted molar refractivity (Wildman–Crippen MR) is 78.5 cm³/mol. The molecule has 1 aromatic rings. The minimum absolute atomic E-state index is 0.162. The number of sulfone groups is 1. The van der Waals surface area contributed by atoms with Crippen LogP contribution in [0, 0.1) is 0 Å². The van der Waals surface area contributed by atoms with Crippen molar-refractivity contribution >= 4 is 27.3 Å². The highest BCUT2D eigenvalue weighted by molar-refractivity contribution is 7.93. The number of hydrogen-bond donors (Lipinski definition) is 1. The molecule has 0 aromatic heterocycles. The van der Waals surface area contributed by atoms with E-state index in [-0.39, 0.29) is 10.8 Å². The first kappa shape index (κ1) is 15.3. The molecular weight excluding hydrogens is 298 g/mol. The van der Waals surface area contributed by atoms with Gasteiger partial charge >= 0.3 is 0 Å². The minimum Gasteiger partial charge on any atom is -0.355 e. The molecule has 0 atom stereocenters. The average molecular weight is 316 g/mol. The fraction of sp³-hybridized carbons (Fsp3) is 0.500. The van der Waals surface area contributed by atoms with E-state index in [4.69, 9.17) is 11.6 Å². The Morgan fingerprint density at radius 1 is 1.25 bits per heavy atom. The Bertz CT molecular complexity index is 589. The summed E-state index contributed by atoms with van der Waals surface area (Å²) in [6.45, 7) is 2.21. The van der Waals surface area contributed by atoms with Crippen LogP contribution < -0.4 is 5.32 Å². The number of amides is 1. The summed E-state index contributed by atoms with van der Waals surface area (Å²) in [7, 11) is -3.71. The molecule has 4 nitrogen and oxygen atoms in total. The lowest BCUT2D eigenvalue weighted by molar-refractivity contribution is -0.123. The van der Waals surface area contributed by atoms with Crippen molar-refractivity contribution in [2.24, 2.45) is 0 Å². The van der Waals surface area contributed by atoms with Crippen molar-refractivity contribution < 1.29 is 13.2 Å². The maximum Gasteiger partial charge on any atom is 0.241 e. The molecule has 1 saturated carbocycles. The molecule has 1 fully saturated rings. The number of hydrogen-bond acceptors (Lipinski definition) is 3. The van der Waals surface area contributed by atoms with Gasteiger partial charge in [-0.15, -0.1) is 0 Å². The molecule has 1 amide bonds. The molecular formula is C14H18ClNO3S. The van der Waals surface area contributed by atoms with Crippen molar-refractivity contribution in [1.82, 2.24) is 5.32 Å². The Balaban J connectivity index is 2.48. The van der Waals surface area contributed by atoms with Crippen molar-refractivity contribution in [2.45, 2.75) is 42.2 Å². The lowest BCUT2D eigenvalue weighted by Gasteiger charge is -2.27. The number of nitrogens with one attached hydrogen (secondary N) is 1. The first-order valence-corrected chi connectivity index (χ1v) is 8.58. The van der Waals surface area contributed by atoms with Crippen molar-refractivity contribution in [2.75, 3.05) is 6.54 Å². The Morgan fingerprint density at radius 2 is 1.80 bits per heavy atom. The highest BCUT2D eigenvalue weighted by Crippen LogP contribution is 2.40. The molecule has 2 rings (SSSR count). The van der Waals surface area contributed by atoms with Crippen LogP contribution in [0.4, 0.5) is 0 Å². The van der Waals surface area contributed by atoms with E-state index < -0.39 is 14.6 Å². The van der Waals surface area contributed by atoms with Crippen LogP contribution in [0.3, 0.4) is 0 Å². The van der Waals surface area contributed by atoms with Crippen molar-refractivity contribution in [3.63, 3.8) is 0 Å². The Labute approximate surface area is 124 Å². The molecule has 1 aliphatic rings. The summed E-state index contributed by atoms with van der Waals surface area (Å²) in [4.78, 5) is 12.5. The third-order valence-corrected chi connectivity index (χ3v) is 6.57. The quantitative estimate of drug-likeness (QED) is 0.928. The average Bonchev–Trinajstić information content (AvgIpc) is 2.90. The van der Waals surface area contributed by atoms with Crippen LogP contribution in [0.2, 0.25) is 5.02 Å². The molecule has 0 saturated heterocycles. The molecule has 6 heteroatoms. The maximum absolute atomic E-state index is 12.9. The first-order chi connectivity index (χ1) is 9.44. The Morgan fingerprint density at radius 3 is 2.30 bits per heavy atom. The third kappa shape index (κ3) is 2.44. The number of halogens is 1. The van der Waals surface area contributed by atoms with Crippen LogP contribution in [-0.4, -0.2) is 25.6 Å². The molecule has 1 aromatic carbocycles. The first-order valence-electron chi connectivity index (χ1n) is 6.72. The van der Waals surface area contributed by atoms with Gasteiger partial charge in [0.1, 0.15) is 0 Å². The molecule has 0 radical (unpaired) electrons. The summed E-state index contributed by atoms with van der Waals surface area (Å²) in [6.07, 6.45) is 2.27. The van der Waals surface area contributed by atoms with Crippen LogP contribution in [0.15, 0.2) is 29.2 Å². The highest BCUT2D eigenvalue weighted by Gasteiger charge is 2.52. The van der Waals surface area contributed by atoms with Crippen LogP contribution in [-0.2, 0) is 14.6 Å². The van der Waals surface area contributed by atoms with E-state index in [0.29, 0.717) is 24.4 Å². The van der Waals surface area contributed by atoms with E-state index >= 15 is 0 Å². The maximum atomic E-state index is 12.9. The summed E-state index contributed by atoms with van der Waals surface area (Å²) in [6, 6.07) is 6.01. The van der Waals surface area contributed by atoms with E-state index in [0.717, 1.165) is 12.8 Å². The minimum atomic E-state index is -3.71. The molecule has 0 unspecified atom stereocenters. The standard InChI is InChI=1S/C14H18ClNO3S/c1-2-16-13(17)14(9-3-4-10-14)20(18,19)12-7-5-11(15)6-8-12/h5-8H,2-4,9-10H2,1H3,(H,16,17). The third-order valence-electron chi connectivity index (χ3n) is 3.80. The van der Waals surface area contributed by atoms with Gasteiger partial charge in [0.2, 0.25) is 5.91 Å². The van der Waals surface area contributed by atoms with Crippen LogP contribution in [0.5, 0.6) is 0 Å². The van der Waals surface area contributed by atoms with E-state index in [9.17, 15) is 13.2 Å². The highest BCUT2D eigenvalue weighted by atomic mass is 35.5. The SMILES string of the molecule is CCNC(=O)C1(S(=O)(=O)c2ccc(Cl)cc2)CCCC1. The van der Waals surface area contributed by atoms with Gasteiger partial charge in [-0.2, -0.15) is 0 Å². The fourth-order valence-corrected chi connectivity index (χ4v) is 4.94. The normalized spacial score (nSPS) is 17.9. The second-order valence-corrected chi connectivity index (χ2v) is 7.71. The van der Waals surface area contributed by atoms with Crippen LogP contribution in [0.25, 0.3) is 0 Å². The van der Waals surface area contributed by atoms with Crippen molar-refractivity contribution in [3.05, 3.63) is 29.3 Å². The molecule has 1 N–H and O–H groups in total. The van der Waals surface area contributed by atoms with E-state index in [2.05, 4.69) is 5.32 Å². The predicted octanol–water partition coefficient (Wildman–Crippen LogP) is 2.56. The van der Waals surface area contributed by atoms with Crippen molar-refractivity contribution in [3.8, 4) is 0 Å². The van der Waals surface area contributed by atoms with Gasteiger partial charge in [-0.1, -0.05) is 24.4 Å². The van der Waals surface area contributed by atoms with Gasteiger partial charge in [0.25, 0.3) is 0 Å². The molecule has 0 bridgehead atoms. The molecule has 0 heterocycles. The smallest absolute Gasteiger partial charge is 0.241 e. The zero-order valence-corrected chi connectivity index (χ0v) is 12.9. The lowest BCUT2D eigenvalue weighted by Crippen LogP contribution is -2.50. The van der Waals surface area contributed by atoms with Gasteiger partial charge in [0.15, 0.2) is 14.6 Å². The zero-order chi connectivity index (χ0) is 14.8. The Hall–Kier alpha value is -1.07. The summed E-state index contributed by atoms with van der Waals surface area (Å²) < 4.78 is 24.4. The number of benzene rings is 1. The topological polar surface area (TPSA) is 63.2 Å². The second-order valence-electron chi connectivity index (χ2n) is 5.02. The van der Waals surface area contributed by atoms with Gasteiger partial charge in [-0.05, 0) is 44.0 Å². The summed E-state index contributed by atoms with van der Waals surface area (Å²) >= 11 is 5.79. The Kier molecular flexibility index (Phi) is 4.39. The summed E-state index contributed by atoms with van der Waals surface area (Å²) in [5.74, 6) is -0.382.